The van der Waals surface area contributed by atoms with E-state index in [1.54, 1.807) is 18.3 Å². The van der Waals surface area contributed by atoms with Gasteiger partial charge in [-0.3, -0.25) is 4.98 Å². The molecule has 0 fully saturated rings. The summed E-state index contributed by atoms with van der Waals surface area (Å²) in [6, 6.07) is 14.1. The number of aromatic nitrogens is 1. The Morgan fingerprint density at radius 1 is 1.14 bits per heavy atom. The molecule has 4 heteroatoms. The third-order valence-electron chi connectivity index (χ3n) is 3.51. The zero-order valence-corrected chi connectivity index (χ0v) is 12.0. The number of pyridine rings is 1. The van der Waals surface area contributed by atoms with Crippen LogP contribution in [0.3, 0.4) is 0 Å². The minimum atomic E-state index is -0.319. The van der Waals surface area contributed by atoms with Gasteiger partial charge in [0, 0.05) is 22.6 Å². The monoisotopic (exact) mass is 300 g/mol. The molecule has 3 rings (SSSR count). The minimum Gasteiger partial charge on any atom is -0.324 e. The van der Waals surface area contributed by atoms with Crippen LogP contribution >= 0.6 is 11.6 Å². The Kier molecular flexibility index (Phi) is 3.86. The van der Waals surface area contributed by atoms with Gasteiger partial charge < -0.3 is 5.73 Å². The molecule has 2 aromatic carbocycles. The minimum absolute atomic E-state index is 0.273. The highest BCUT2D eigenvalue weighted by Gasteiger charge is 2.11. The Hall–Kier alpha value is -1.97. The SMILES string of the molecule is NC(Cc1ccc(Cl)cc1F)c1ccc2ncccc2c1. The van der Waals surface area contributed by atoms with Crippen LogP contribution in [0.15, 0.2) is 54.7 Å². The highest BCUT2D eigenvalue weighted by molar-refractivity contribution is 6.30. The number of rotatable bonds is 3. The van der Waals surface area contributed by atoms with Crippen LogP contribution in [0.5, 0.6) is 0 Å². The van der Waals surface area contributed by atoms with E-state index in [4.69, 9.17) is 17.3 Å². The van der Waals surface area contributed by atoms with Gasteiger partial charge >= 0.3 is 0 Å². The Morgan fingerprint density at radius 2 is 2.00 bits per heavy atom. The van der Waals surface area contributed by atoms with E-state index in [1.807, 2.05) is 30.3 Å². The topological polar surface area (TPSA) is 38.9 Å². The van der Waals surface area contributed by atoms with Crippen molar-refractivity contribution in [1.29, 1.82) is 0 Å². The highest BCUT2D eigenvalue weighted by Crippen LogP contribution is 2.23. The molecule has 0 aliphatic heterocycles. The van der Waals surface area contributed by atoms with E-state index in [9.17, 15) is 4.39 Å². The maximum atomic E-state index is 13.8. The van der Waals surface area contributed by atoms with Crippen molar-refractivity contribution in [2.75, 3.05) is 0 Å². The van der Waals surface area contributed by atoms with Gasteiger partial charge in [0.2, 0.25) is 0 Å². The Bertz CT molecular complexity index is 789. The van der Waals surface area contributed by atoms with Crippen LogP contribution in [-0.2, 0) is 6.42 Å². The van der Waals surface area contributed by atoms with Crippen LogP contribution in [0.2, 0.25) is 5.02 Å². The van der Waals surface area contributed by atoms with Crippen molar-refractivity contribution < 1.29 is 4.39 Å². The number of nitrogens with zero attached hydrogens (tertiary/aromatic N) is 1. The highest BCUT2D eigenvalue weighted by atomic mass is 35.5. The fourth-order valence-electron chi connectivity index (χ4n) is 2.37. The smallest absolute Gasteiger partial charge is 0.127 e. The molecule has 0 aliphatic rings. The van der Waals surface area contributed by atoms with Crippen LogP contribution in [0.25, 0.3) is 10.9 Å². The van der Waals surface area contributed by atoms with Crippen molar-refractivity contribution in [2.45, 2.75) is 12.5 Å². The van der Waals surface area contributed by atoms with Gasteiger partial charge in [-0.2, -0.15) is 0 Å². The molecular weight excluding hydrogens is 287 g/mol. The van der Waals surface area contributed by atoms with Crippen molar-refractivity contribution >= 4 is 22.5 Å². The summed E-state index contributed by atoms with van der Waals surface area (Å²) >= 11 is 5.76. The lowest BCUT2D eigenvalue weighted by Crippen LogP contribution is -2.14. The third-order valence-corrected chi connectivity index (χ3v) is 3.75. The summed E-state index contributed by atoms with van der Waals surface area (Å²) in [5, 5.41) is 1.42. The number of nitrogens with two attached hydrogens (primary N) is 1. The van der Waals surface area contributed by atoms with Gasteiger partial charge in [-0.25, -0.2) is 4.39 Å². The van der Waals surface area contributed by atoms with E-state index in [0.29, 0.717) is 17.0 Å². The molecule has 1 unspecified atom stereocenters. The van der Waals surface area contributed by atoms with Crippen LogP contribution < -0.4 is 5.73 Å². The lowest BCUT2D eigenvalue weighted by atomic mass is 9.98. The first kappa shape index (κ1) is 14.0. The van der Waals surface area contributed by atoms with Gasteiger partial charge in [0.05, 0.1) is 5.52 Å². The predicted octanol–water partition coefficient (Wildman–Crippen LogP) is 4.27. The maximum absolute atomic E-state index is 13.8. The lowest BCUT2D eigenvalue weighted by Gasteiger charge is -2.13. The number of fused-ring (bicyclic) bond motifs is 1. The molecule has 106 valence electrons. The summed E-state index contributed by atoms with van der Waals surface area (Å²) in [7, 11) is 0. The normalized spacial score (nSPS) is 12.5. The average Bonchev–Trinajstić information content (AvgIpc) is 2.49. The van der Waals surface area contributed by atoms with E-state index in [0.717, 1.165) is 16.5 Å². The molecule has 21 heavy (non-hydrogen) atoms. The summed E-state index contributed by atoms with van der Waals surface area (Å²) in [5.41, 5.74) is 8.66. The van der Waals surface area contributed by atoms with Crippen LogP contribution in [0, 0.1) is 5.82 Å². The van der Waals surface area contributed by atoms with Crippen molar-refractivity contribution in [2.24, 2.45) is 5.73 Å². The zero-order chi connectivity index (χ0) is 14.8. The first-order valence-corrected chi connectivity index (χ1v) is 7.05. The zero-order valence-electron chi connectivity index (χ0n) is 11.3. The maximum Gasteiger partial charge on any atom is 0.127 e. The van der Waals surface area contributed by atoms with Crippen molar-refractivity contribution in [1.82, 2.24) is 4.98 Å². The molecule has 0 amide bonds. The van der Waals surface area contributed by atoms with Gasteiger partial charge in [0.15, 0.2) is 0 Å². The van der Waals surface area contributed by atoms with E-state index in [-0.39, 0.29) is 11.9 Å². The predicted molar refractivity (Wildman–Crippen MR) is 83.8 cm³/mol. The molecule has 2 N–H and O–H groups in total. The molecule has 0 bridgehead atoms. The fourth-order valence-corrected chi connectivity index (χ4v) is 2.53. The van der Waals surface area contributed by atoms with Gasteiger partial charge in [-0.15, -0.1) is 0 Å². The number of halogens is 2. The van der Waals surface area contributed by atoms with E-state index >= 15 is 0 Å². The fraction of sp³-hybridized carbons (Fsp3) is 0.118. The van der Waals surface area contributed by atoms with Crippen LogP contribution in [0.4, 0.5) is 4.39 Å². The summed E-state index contributed by atoms with van der Waals surface area (Å²) in [4.78, 5) is 4.27. The van der Waals surface area contributed by atoms with Crippen molar-refractivity contribution in [3.05, 3.63) is 76.7 Å². The third kappa shape index (κ3) is 3.04. The number of benzene rings is 2. The van der Waals surface area contributed by atoms with E-state index < -0.39 is 0 Å². The number of hydrogen-bond acceptors (Lipinski definition) is 2. The van der Waals surface area contributed by atoms with Gasteiger partial charge in [0.1, 0.15) is 5.82 Å². The second-order valence-corrected chi connectivity index (χ2v) is 5.44. The molecule has 1 heterocycles. The molecule has 0 aliphatic carbocycles. The molecular formula is C17H14ClFN2. The van der Waals surface area contributed by atoms with Crippen LogP contribution in [-0.4, -0.2) is 4.98 Å². The van der Waals surface area contributed by atoms with Gasteiger partial charge in [-0.05, 0) is 47.9 Å². The summed E-state index contributed by atoms with van der Waals surface area (Å²) < 4.78 is 13.8. The largest absolute Gasteiger partial charge is 0.324 e. The molecule has 3 aromatic rings. The second-order valence-electron chi connectivity index (χ2n) is 5.00. The lowest BCUT2D eigenvalue weighted by molar-refractivity contribution is 0.593. The Labute approximate surface area is 127 Å². The average molecular weight is 301 g/mol. The van der Waals surface area contributed by atoms with E-state index in [2.05, 4.69) is 4.98 Å². The summed E-state index contributed by atoms with van der Waals surface area (Å²) in [6.07, 6.45) is 2.18. The first-order valence-electron chi connectivity index (χ1n) is 6.67. The molecule has 0 radical (unpaired) electrons. The van der Waals surface area contributed by atoms with Gasteiger partial charge in [-0.1, -0.05) is 29.8 Å². The van der Waals surface area contributed by atoms with Crippen molar-refractivity contribution in [3.8, 4) is 0 Å². The molecule has 0 saturated heterocycles. The quantitative estimate of drug-likeness (QED) is 0.784. The number of hydrogen-bond donors (Lipinski definition) is 1. The summed E-state index contributed by atoms with van der Waals surface area (Å²) in [6.45, 7) is 0. The molecule has 0 spiro atoms. The van der Waals surface area contributed by atoms with Crippen molar-refractivity contribution in [3.63, 3.8) is 0 Å². The van der Waals surface area contributed by atoms with Crippen LogP contribution in [0.1, 0.15) is 17.2 Å². The molecule has 1 atom stereocenters. The van der Waals surface area contributed by atoms with E-state index in [1.165, 1.54) is 6.07 Å². The second kappa shape index (κ2) is 5.80. The summed E-state index contributed by atoms with van der Waals surface area (Å²) in [5.74, 6) is -0.319. The van der Waals surface area contributed by atoms with Gasteiger partial charge in [0.25, 0.3) is 0 Å². The molecule has 2 nitrogen and oxygen atoms in total. The first-order chi connectivity index (χ1) is 10.1. The molecule has 0 saturated carbocycles. The molecule has 1 aromatic heterocycles. The Balaban J connectivity index is 1.87. The standard InChI is InChI=1S/C17H14ClFN2/c18-14-5-3-11(15(19)10-14)9-16(20)12-4-6-17-13(8-12)2-1-7-21-17/h1-8,10,16H,9,20H2. The Morgan fingerprint density at radius 3 is 2.81 bits per heavy atom.